The molecule has 0 saturated carbocycles. The van der Waals surface area contributed by atoms with Crippen LogP contribution in [-0.2, 0) is 0 Å². The van der Waals surface area contributed by atoms with E-state index >= 15 is 0 Å². The number of hydrogen-bond acceptors (Lipinski definition) is 1. The molecule has 0 aliphatic rings. The van der Waals surface area contributed by atoms with Crippen LogP contribution in [0.25, 0.3) is 0 Å². The first-order valence-electron chi connectivity index (χ1n) is 9.12. The van der Waals surface area contributed by atoms with E-state index in [0.29, 0.717) is 0 Å². The molecule has 3 heteroatoms. The fourth-order valence-corrected chi connectivity index (χ4v) is 4.10. The summed E-state index contributed by atoms with van der Waals surface area (Å²) >= 11 is 0. The van der Waals surface area contributed by atoms with Gasteiger partial charge in [-0.1, -0.05) is 65.0 Å². The number of amidine groups is 1. The van der Waals surface area contributed by atoms with Gasteiger partial charge in [-0.3, -0.25) is 4.99 Å². The largest absolute Gasteiger partial charge is 0.374 e. The van der Waals surface area contributed by atoms with Crippen molar-refractivity contribution in [3.63, 3.8) is 0 Å². The predicted octanol–water partition coefficient (Wildman–Crippen LogP) is 5.18. The molecule has 1 unspecified atom stereocenters. The third kappa shape index (κ3) is 14.1. The van der Waals surface area contributed by atoms with Gasteiger partial charge in [0.05, 0.1) is 5.84 Å². The molecule has 2 nitrogen and oxygen atoms in total. The zero-order valence-corrected chi connectivity index (χ0v) is 15.9. The van der Waals surface area contributed by atoms with Crippen molar-refractivity contribution in [2.45, 2.75) is 83.8 Å². The quantitative estimate of drug-likeness (QED) is 0.154. The Balaban J connectivity index is 4.06. The van der Waals surface area contributed by atoms with Crippen molar-refractivity contribution in [3.05, 3.63) is 12.7 Å². The van der Waals surface area contributed by atoms with Gasteiger partial charge in [0.15, 0.2) is 0 Å². The molecule has 0 aromatic heterocycles. The number of aliphatic imine (C=N–C) groups is 1. The van der Waals surface area contributed by atoms with Crippen molar-refractivity contribution in [2.24, 2.45) is 4.99 Å². The van der Waals surface area contributed by atoms with Crippen LogP contribution in [0.4, 0.5) is 0 Å². The topological polar surface area (TPSA) is 24.4 Å². The van der Waals surface area contributed by atoms with Crippen molar-refractivity contribution >= 4 is 14.6 Å². The SMILES string of the molecule is C=CC[SiH](C)CC(=NCCCCCC)NCCCCCC. The minimum atomic E-state index is -0.701. The Morgan fingerprint density at radius 3 is 2.33 bits per heavy atom. The van der Waals surface area contributed by atoms with Gasteiger partial charge in [0.2, 0.25) is 0 Å². The molecular weight excluding hydrogens is 272 g/mol. The van der Waals surface area contributed by atoms with Crippen LogP contribution in [0.2, 0.25) is 18.6 Å². The Hall–Kier alpha value is -0.573. The number of allylic oxidation sites excluding steroid dienone is 1. The molecular formula is C18H38N2Si. The van der Waals surface area contributed by atoms with Gasteiger partial charge < -0.3 is 5.32 Å². The summed E-state index contributed by atoms with van der Waals surface area (Å²) in [6.45, 7) is 12.9. The van der Waals surface area contributed by atoms with Gasteiger partial charge in [-0.15, -0.1) is 6.58 Å². The highest BCUT2D eigenvalue weighted by Gasteiger charge is 2.07. The number of unbranched alkanes of at least 4 members (excludes halogenated alkanes) is 6. The number of hydrogen-bond donors (Lipinski definition) is 1. The lowest BCUT2D eigenvalue weighted by atomic mass is 10.2. The lowest BCUT2D eigenvalue weighted by molar-refractivity contribution is 0.649. The lowest BCUT2D eigenvalue weighted by Gasteiger charge is -2.13. The van der Waals surface area contributed by atoms with E-state index in [2.05, 4.69) is 38.4 Å². The van der Waals surface area contributed by atoms with Gasteiger partial charge in [-0.25, -0.2) is 0 Å². The molecule has 0 rings (SSSR count). The zero-order chi connectivity index (χ0) is 15.8. The molecule has 0 radical (unpaired) electrons. The Kier molecular flexibility index (Phi) is 15.4. The summed E-state index contributed by atoms with van der Waals surface area (Å²) in [4.78, 5) is 4.84. The molecule has 1 N–H and O–H groups in total. The Morgan fingerprint density at radius 2 is 1.71 bits per heavy atom. The Bertz CT molecular complexity index is 264. The molecule has 0 saturated heterocycles. The number of nitrogens with one attached hydrogen (secondary N) is 1. The highest BCUT2D eigenvalue weighted by atomic mass is 28.3. The van der Waals surface area contributed by atoms with E-state index in [0.717, 1.165) is 13.1 Å². The van der Waals surface area contributed by atoms with E-state index in [1.807, 2.05) is 0 Å². The summed E-state index contributed by atoms with van der Waals surface area (Å²) in [5, 5.41) is 3.61. The van der Waals surface area contributed by atoms with Crippen molar-refractivity contribution in [3.8, 4) is 0 Å². The molecule has 0 aliphatic heterocycles. The molecule has 21 heavy (non-hydrogen) atoms. The summed E-state index contributed by atoms with van der Waals surface area (Å²) in [5.74, 6) is 1.28. The fourth-order valence-electron chi connectivity index (χ4n) is 2.43. The molecule has 0 amide bonds. The third-order valence-corrected chi connectivity index (χ3v) is 6.01. The first-order valence-corrected chi connectivity index (χ1v) is 11.9. The Labute approximate surface area is 135 Å². The molecule has 0 spiro atoms. The van der Waals surface area contributed by atoms with Crippen molar-refractivity contribution < 1.29 is 0 Å². The van der Waals surface area contributed by atoms with E-state index < -0.39 is 8.80 Å². The first-order chi connectivity index (χ1) is 10.2. The third-order valence-electron chi connectivity index (χ3n) is 3.78. The molecule has 124 valence electrons. The second-order valence-corrected chi connectivity index (χ2v) is 9.30. The lowest BCUT2D eigenvalue weighted by Crippen LogP contribution is -2.28. The Morgan fingerprint density at radius 1 is 1.05 bits per heavy atom. The van der Waals surface area contributed by atoms with Gasteiger partial charge >= 0.3 is 0 Å². The average molecular weight is 311 g/mol. The number of nitrogens with zero attached hydrogens (tertiary/aromatic N) is 1. The van der Waals surface area contributed by atoms with Crippen LogP contribution in [0.5, 0.6) is 0 Å². The van der Waals surface area contributed by atoms with Crippen LogP contribution in [0, 0.1) is 0 Å². The van der Waals surface area contributed by atoms with Crippen molar-refractivity contribution in [1.29, 1.82) is 0 Å². The summed E-state index contributed by atoms with van der Waals surface area (Å²) in [6.07, 6.45) is 12.6. The predicted molar refractivity (Wildman–Crippen MR) is 101 cm³/mol. The van der Waals surface area contributed by atoms with E-state index in [1.165, 1.54) is 69.3 Å². The standard InChI is InChI=1S/C18H38N2Si/c1-5-8-10-12-14-19-18(17-21(4)16-7-3)20-15-13-11-9-6-2/h7,21H,3,5-6,8-17H2,1-2,4H3,(H,19,20). The second kappa shape index (κ2) is 15.8. The maximum atomic E-state index is 4.84. The van der Waals surface area contributed by atoms with Gasteiger partial charge in [0.25, 0.3) is 0 Å². The van der Waals surface area contributed by atoms with Gasteiger partial charge in [0, 0.05) is 21.9 Å². The smallest absolute Gasteiger partial charge is 0.0933 e. The van der Waals surface area contributed by atoms with Gasteiger partial charge in [-0.2, -0.15) is 0 Å². The maximum Gasteiger partial charge on any atom is 0.0933 e. The first kappa shape index (κ1) is 20.4. The van der Waals surface area contributed by atoms with Crippen LogP contribution >= 0.6 is 0 Å². The molecule has 0 aliphatic carbocycles. The highest BCUT2D eigenvalue weighted by molar-refractivity contribution is 6.61. The van der Waals surface area contributed by atoms with Crippen LogP contribution < -0.4 is 5.32 Å². The normalized spacial score (nSPS) is 13.2. The molecule has 0 heterocycles. The second-order valence-electron chi connectivity index (χ2n) is 6.21. The van der Waals surface area contributed by atoms with Crippen LogP contribution in [0.3, 0.4) is 0 Å². The van der Waals surface area contributed by atoms with Crippen molar-refractivity contribution in [2.75, 3.05) is 13.1 Å². The minimum Gasteiger partial charge on any atom is -0.374 e. The van der Waals surface area contributed by atoms with E-state index in [-0.39, 0.29) is 0 Å². The minimum absolute atomic E-state index is 0.701. The maximum absolute atomic E-state index is 4.84. The molecule has 0 bridgehead atoms. The summed E-state index contributed by atoms with van der Waals surface area (Å²) < 4.78 is 0. The van der Waals surface area contributed by atoms with Crippen molar-refractivity contribution in [1.82, 2.24) is 5.32 Å². The molecule has 1 atom stereocenters. The van der Waals surface area contributed by atoms with E-state index in [4.69, 9.17) is 4.99 Å². The molecule has 0 fully saturated rings. The monoisotopic (exact) mass is 310 g/mol. The highest BCUT2D eigenvalue weighted by Crippen LogP contribution is 2.04. The van der Waals surface area contributed by atoms with Crippen LogP contribution in [0.15, 0.2) is 17.6 Å². The van der Waals surface area contributed by atoms with E-state index in [1.54, 1.807) is 0 Å². The van der Waals surface area contributed by atoms with Crippen LogP contribution in [-0.4, -0.2) is 27.7 Å². The molecule has 0 aromatic rings. The zero-order valence-electron chi connectivity index (χ0n) is 14.8. The summed E-state index contributed by atoms with van der Waals surface area (Å²) in [6, 6.07) is 2.42. The van der Waals surface area contributed by atoms with E-state index in [9.17, 15) is 0 Å². The average Bonchev–Trinajstić information content (AvgIpc) is 2.46. The fraction of sp³-hybridized carbons (Fsp3) is 0.833. The molecule has 0 aromatic carbocycles. The number of rotatable bonds is 14. The summed E-state index contributed by atoms with van der Waals surface area (Å²) in [7, 11) is -0.701. The van der Waals surface area contributed by atoms with Crippen LogP contribution in [0.1, 0.15) is 65.2 Å². The van der Waals surface area contributed by atoms with Gasteiger partial charge in [0.1, 0.15) is 0 Å². The van der Waals surface area contributed by atoms with Gasteiger partial charge in [-0.05, 0) is 24.9 Å². The summed E-state index contributed by atoms with van der Waals surface area (Å²) in [5.41, 5.74) is 0.